The van der Waals surface area contributed by atoms with Gasteiger partial charge in [0.25, 0.3) is 0 Å². The number of hydrogen-bond acceptors (Lipinski definition) is 5. The van der Waals surface area contributed by atoms with Crippen molar-refractivity contribution < 1.29 is 13.6 Å². The molecule has 0 N–H and O–H groups in total. The van der Waals surface area contributed by atoms with Crippen LogP contribution in [0.25, 0.3) is 76.2 Å². The van der Waals surface area contributed by atoms with Crippen molar-refractivity contribution in [2.24, 2.45) is 0 Å². The molecule has 0 amide bonds. The van der Waals surface area contributed by atoms with Crippen LogP contribution >= 0.6 is 0 Å². The van der Waals surface area contributed by atoms with Gasteiger partial charge in [-0.15, -0.1) is 0 Å². The molecule has 1 aliphatic rings. The van der Waals surface area contributed by atoms with Crippen molar-refractivity contribution in [3.05, 3.63) is 194 Å². The van der Waals surface area contributed by atoms with E-state index in [1.54, 1.807) is 0 Å². The molecular formula is C54H32N2O3. The van der Waals surface area contributed by atoms with Gasteiger partial charge in [-0.05, 0) is 95.7 Å². The van der Waals surface area contributed by atoms with E-state index < -0.39 is 0 Å². The molecule has 0 radical (unpaired) electrons. The van der Waals surface area contributed by atoms with Gasteiger partial charge in [-0.25, -0.2) is 0 Å². The first-order chi connectivity index (χ1) is 29.2. The van der Waals surface area contributed by atoms with Crippen LogP contribution in [0, 0.1) is 0 Å². The summed E-state index contributed by atoms with van der Waals surface area (Å²) in [6, 6.07) is 68.3. The lowest BCUT2D eigenvalue weighted by atomic mass is 9.91. The van der Waals surface area contributed by atoms with E-state index in [-0.39, 0.29) is 0 Å². The minimum absolute atomic E-state index is 0.835. The molecule has 0 saturated carbocycles. The molecular weight excluding hydrogens is 725 g/mol. The van der Waals surface area contributed by atoms with E-state index in [4.69, 9.17) is 13.6 Å². The zero-order chi connectivity index (χ0) is 38.6. The molecule has 5 heteroatoms. The van der Waals surface area contributed by atoms with E-state index in [1.807, 2.05) is 24.3 Å². The van der Waals surface area contributed by atoms with Crippen LogP contribution in [0.15, 0.2) is 203 Å². The van der Waals surface area contributed by atoms with Crippen LogP contribution in [0.2, 0.25) is 0 Å². The second-order valence-electron chi connectivity index (χ2n) is 15.3. The lowest BCUT2D eigenvalue weighted by Gasteiger charge is -2.30. The number of anilines is 6. The number of nitrogens with zero attached hydrogens (tertiary/aromatic N) is 2. The molecule has 0 saturated heterocycles. The third-order valence-corrected chi connectivity index (χ3v) is 11.9. The van der Waals surface area contributed by atoms with Gasteiger partial charge in [0.05, 0.1) is 11.4 Å². The Morgan fingerprint density at radius 1 is 0.288 bits per heavy atom. The van der Waals surface area contributed by atoms with E-state index in [0.29, 0.717) is 0 Å². The summed E-state index contributed by atoms with van der Waals surface area (Å²) in [6.07, 6.45) is 0. The zero-order valence-corrected chi connectivity index (χ0v) is 31.6. The van der Waals surface area contributed by atoms with Crippen molar-refractivity contribution in [3.8, 4) is 11.5 Å². The van der Waals surface area contributed by atoms with Gasteiger partial charge in [0, 0.05) is 78.0 Å². The number of furan rings is 2. The fourth-order valence-corrected chi connectivity index (χ4v) is 9.38. The van der Waals surface area contributed by atoms with Gasteiger partial charge in [0.1, 0.15) is 33.8 Å². The Morgan fingerprint density at radius 3 is 1.66 bits per heavy atom. The number of benzene rings is 10. The topological polar surface area (TPSA) is 42.0 Å². The maximum atomic E-state index is 7.03. The number of para-hydroxylation sites is 4. The minimum atomic E-state index is 0.835. The first kappa shape index (κ1) is 32.1. The lowest BCUT2D eigenvalue weighted by Crippen LogP contribution is -2.11. The van der Waals surface area contributed by atoms with Gasteiger partial charge >= 0.3 is 0 Å². The molecule has 3 heterocycles. The molecule has 0 fully saturated rings. The largest absolute Gasteiger partial charge is 0.456 e. The monoisotopic (exact) mass is 756 g/mol. The first-order valence-corrected chi connectivity index (χ1v) is 19.9. The SMILES string of the molecule is c1ccc(N(c2cc3c4c(ccc5cc(N(c6ccccc6)c6ccc7c(c6)oc6ccccc67)c6cccc(c6c54)O3)c2)c2ccc3oc4ccccc4c3c2)cc1. The van der Waals surface area contributed by atoms with E-state index in [1.165, 1.54) is 5.39 Å². The molecule has 0 spiro atoms. The van der Waals surface area contributed by atoms with Gasteiger partial charge in [-0.2, -0.15) is 0 Å². The quantitative estimate of drug-likeness (QED) is 0.158. The smallest absolute Gasteiger partial charge is 0.138 e. The van der Waals surface area contributed by atoms with Crippen LogP contribution in [0.1, 0.15) is 0 Å². The van der Waals surface area contributed by atoms with E-state index >= 15 is 0 Å². The van der Waals surface area contributed by atoms with Gasteiger partial charge in [0.2, 0.25) is 0 Å². The Balaban J connectivity index is 1.02. The Kier molecular flexibility index (Phi) is 6.66. The summed E-state index contributed by atoms with van der Waals surface area (Å²) in [7, 11) is 0. The summed E-state index contributed by atoms with van der Waals surface area (Å²) in [5.41, 5.74) is 9.72. The fraction of sp³-hybridized carbons (Fsp3) is 0. The number of rotatable bonds is 6. The highest BCUT2D eigenvalue weighted by atomic mass is 16.5. The van der Waals surface area contributed by atoms with Crippen molar-refractivity contribution in [3.63, 3.8) is 0 Å². The number of fused-ring (bicyclic) bond motifs is 6. The van der Waals surface area contributed by atoms with Gasteiger partial charge < -0.3 is 23.4 Å². The van der Waals surface area contributed by atoms with Crippen molar-refractivity contribution in [2.45, 2.75) is 0 Å². The average Bonchev–Trinajstić information content (AvgIpc) is 3.85. The predicted molar refractivity (Wildman–Crippen MR) is 243 cm³/mol. The highest BCUT2D eigenvalue weighted by Gasteiger charge is 2.26. The molecule has 0 aliphatic carbocycles. The van der Waals surface area contributed by atoms with E-state index in [0.717, 1.165) is 116 Å². The third kappa shape index (κ3) is 4.79. The summed E-state index contributed by atoms with van der Waals surface area (Å²) in [4.78, 5) is 4.65. The first-order valence-electron chi connectivity index (χ1n) is 19.9. The summed E-state index contributed by atoms with van der Waals surface area (Å²) >= 11 is 0. The normalized spacial score (nSPS) is 12.2. The third-order valence-electron chi connectivity index (χ3n) is 11.9. The van der Waals surface area contributed by atoms with Crippen LogP contribution < -0.4 is 14.5 Å². The Hall–Kier alpha value is -8.02. The standard InChI is InChI=1S/C54H32N2O3/c1-3-12-35(13-4-1)55(37-25-27-48-44(30-37)41-17-8-10-20-47(41)57-48)39-28-33-22-23-34-29-45(43-18-11-21-49-54(43)53(34)52(33)51(32-39)59-49)56(36-14-5-2-6-15-36)38-24-26-42-40-16-7-9-19-46(40)58-50(42)31-38/h1-32H. The van der Waals surface area contributed by atoms with Gasteiger partial charge in [-0.3, -0.25) is 0 Å². The van der Waals surface area contributed by atoms with E-state index in [9.17, 15) is 0 Å². The highest BCUT2D eigenvalue weighted by molar-refractivity contribution is 6.28. The molecule has 276 valence electrons. The molecule has 5 nitrogen and oxygen atoms in total. The summed E-state index contributed by atoms with van der Waals surface area (Å²) in [5, 5.41) is 11.2. The van der Waals surface area contributed by atoms with Crippen LogP contribution in [0.3, 0.4) is 0 Å². The molecule has 10 aromatic carbocycles. The molecule has 2 aromatic heterocycles. The van der Waals surface area contributed by atoms with Crippen molar-refractivity contribution in [1.82, 2.24) is 0 Å². The minimum Gasteiger partial charge on any atom is -0.456 e. The maximum absolute atomic E-state index is 7.03. The fourth-order valence-electron chi connectivity index (χ4n) is 9.38. The van der Waals surface area contributed by atoms with Gasteiger partial charge in [-0.1, -0.05) is 97.1 Å². The average molecular weight is 757 g/mol. The number of hydrogen-bond donors (Lipinski definition) is 0. The molecule has 0 unspecified atom stereocenters. The highest BCUT2D eigenvalue weighted by Crippen LogP contribution is 2.53. The number of ether oxygens (including phenoxy) is 1. The Bertz CT molecular complexity index is 3660. The molecule has 0 bridgehead atoms. The van der Waals surface area contributed by atoms with Crippen molar-refractivity contribution in [2.75, 3.05) is 9.80 Å². The zero-order valence-electron chi connectivity index (χ0n) is 31.6. The van der Waals surface area contributed by atoms with Crippen LogP contribution in [0.4, 0.5) is 34.1 Å². The maximum Gasteiger partial charge on any atom is 0.138 e. The van der Waals surface area contributed by atoms with Crippen molar-refractivity contribution >= 4 is 110 Å². The Morgan fingerprint density at radius 2 is 0.881 bits per heavy atom. The summed E-state index contributed by atoms with van der Waals surface area (Å²) < 4.78 is 19.7. The second kappa shape index (κ2) is 12.2. The van der Waals surface area contributed by atoms with Crippen LogP contribution in [-0.4, -0.2) is 0 Å². The van der Waals surface area contributed by atoms with Crippen molar-refractivity contribution in [1.29, 1.82) is 0 Å². The lowest BCUT2D eigenvalue weighted by molar-refractivity contribution is 0.493. The van der Waals surface area contributed by atoms with Crippen LogP contribution in [0.5, 0.6) is 11.5 Å². The molecule has 12 aromatic rings. The van der Waals surface area contributed by atoms with E-state index in [2.05, 4.69) is 180 Å². The molecule has 59 heavy (non-hydrogen) atoms. The molecule has 13 rings (SSSR count). The molecule has 0 atom stereocenters. The second-order valence-corrected chi connectivity index (χ2v) is 15.3. The van der Waals surface area contributed by atoms with Gasteiger partial charge in [0.15, 0.2) is 0 Å². The Labute approximate surface area is 338 Å². The summed E-state index contributed by atoms with van der Waals surface area (Å²) in [5.74, 6) is 1.67. The molecule has 1 aliphatic heterocycles. The van der Waals surface area contributed by atoms with Crippen LogP contribution in [-0.2, 0) is 0 Å². The predicted octanol–water partition coefficient (Wildman–Crippen LogP) is 16.0. The summed E-state index contributed by atoms with van der Waals surface area (Å²) in [6.45, 7) is 0.